The van der Waals surface area contributed by atoms with Gasteiger partial charge in [0, 0.05) is 17.6 Å². The third-order valence-corrected chi connectivity index (χ3v) is 5.64. The number of carboxylic acids is 2. The maximum Gasteiger partial charge on any atom is 0.490 e. The van der Waals surface area contributed by atoms with Gasteiger partial charge in [-0.2, -0.15) is 18.3 Å². The summed E-state index contributed by atoms with van der Waals surface area (Å²) in [6.07, 6.45) is 1.48. The lowest BCUT2D eigenvalue weighted by atomic mass is 9.98. The van der Waals surface area contributed by atoms with E-state index in [0.717, 1.165) is 18.5 Å². The van der Waals surface area contributed by atoms with Gasteiger partial charge in [0.15, 0.2) is 5.69 Å². The smallest absolute Gasteiger partial charge is 0.476 e. The van der Waals surface area contributed by atoms with Crippen LogP contribution in [0.3, 0.4) is 0 Å². The van der Waals surface area contributed by atoms with Crippen LogP contribution in [0.4, 0.5) is 18.9 Å². The average molecular weight is 493 g/mol. The summed E-state index contributed by atoms with van der Waals surface area (Å²) in [6, 6.07) is 13.9. The fourth-order valence-electron chi connectivity index (χ4n) is 3.79. The SMILES string of the molecule is O=C(O)C(F)(F)F.O=C(O)c1n[nH]c2ccc(NCc3ccccc3COC3CCCCC3)cc12. The van der Waals surface area contributed by atoms with E-state index in [4.69, 9.17) is 14.6 Å². The number of alkyl halides is 3. The third-order valence-electron chi connectivity index (χ3n) is 5.64. The molecule has 0 amide bonds. The zero-order valence-electron chi connectivity index (χ0n) is 18.8. The second-order valence-electron chi connectivity index (χ2n) is 8.13. The number of hydrogen-bond donors (Lipinski definition) is 4. The van der Waals surface area contributed by atoms with Crippen molar-refractivity contribution in [3.05, 3.63) is 59.3 Å². The second kappa shape index (κ2) is 11.7. The van der Waals surface area contributed by atoms with Crippen molar-refractivity contribution in [2.24, 2.45) is 0 Å². The van der Waals surface area contributed by atoms with Gasteiger partial charge in [0.25, 0.3) is 0 Å². The van der Waals surface area contributed by atoms with E-state index in [9.17, 15) is 23.1 Å². The number of H-pyrrole nitrogens is 1. The molecule has 11 heteroatoms. The first-order valence-corrected chi connectivity index (χ1v) is 11.1. The van der Waals surface area contributed by atoms with Crippen molar-refractivity contribution in [2.75, 3.05) is 5.32 Å². The molecule has 35 heavy (non-hydrogen) atoms. The second-order valence-corrected chi connectivity index (χ2v) is 8.13. The number of anilines is 1. The molecule has 0 radical (unpaired) electrons. The van der Waals surface area contributed by atoms with Crippen molar-refractivity contribution in [1.82, 2.24) is 10.2 Å². The van der Waals surface area contributed by atoms with Crippen LogP contribution in [0.2, 0.25) is 0 Å². The molecule has 0 spiro atoms. The summed E-state index contributed by atoms with van der Waals surface area (Å²) >= 11 is 0. The molecule has 4 rings (SSSR count). The number of ether oxygens (including phenoxy) is 1. The summed E-state index contributed by atoms with van der Waals surface area (Å²) in [4.78, 5) is 20.2. The summed E-state index contributed by atoms with van der Waals surface area (Å²) in [6.45, 7) is 1.28. The van der Waals surface area contributed by atoms with Crippen molar-refractivity contribution >= 4 is 28.5 Å². The zero-order chi connectivity index (χ0) is 25.4. The molecule has 1 fully saturated rings. The molecule has 1 saturated carbocycles. The highest BCUT2D eigenvalue weighted by molar-refractivity contribution is 6.01. The van der Waals surface area contributed by atoms with Crippen LogP contribution in [0.15, 0.2) is 42.5 Å². The molecule has 1 aliphatic carbocycles. The Kier molecular flexibility index (Phi) is 8.69. The molecular weight excluding hydrogens is 467 g/mol. The van der Waals surface area contributed by atoms with Gasteiger partial charge < -0.3 is 20.3 Å². The normalized spacial score (nSPS) is 14.3. The summed E-state index contributed by atoms with van der Waals surface area (Å²) in [5, 5.41) is 27.0. The number of hydrogen-bond acceptors (Lipinski definition) is 5. The number of carboxylic acid groups (broad SMARTS) is 2. The lowest BCUT2D eigenvalue weighted by Crippen LogP contribution is -2.21. The number of nitrogens with one attached hydrogen (secondary N) is 2. The number of halogens is 3. The predicted octanol–water partition coefficient (Wildman–Crippen LogP) is 5.36. The van der Waals surface area contributed by atoms with Gasteiger partial charge in [-0.1, -0.05) is 43.5 Å². The van der Waals surface area contributed by atoms with Crippen molar-refractivity contribution in [3.63, 3.8) is 0 Å². The summed E-state index contributed by atoms with van der Waals surface area (Å²) in [7, 11) is 0. The Bertz CT molecular complexity index is 1160. The van der Waals surface area contributed by atoms with Crippen LogP contribution in [0.1, 0.15) is 53.7 Å². The van der Waals surface area contributed by atoms with Crippen LogP contribution in [-0.4, -0.2) is 44.6 Å². The first kappa shape index (κ1) is 26.0. The van der Waals surface area contributed by atoms with Gasteiger partial charge in [0.05, 0.1) is 18.2 Å². The minimum atomic E-state index is -5.08. The lowest BCUT2D eigenvalue weighted by Gasteiger charge is -2.22. The van der Waals surface area contributed by atoms with Crippen LogP contribution in [0.25, 0.3) is 10.9 Å². The van der Waals surface area contributed by atoms with E-state index < -0.39 is 18.1 Å². The monoisotopic (exact) mass is 493 g/mol. The van der Waals surface area contributed by atoms with Crippen molar-refractivity contribution in [2.45, 2.75) is 57.5 Å². The summed E-state index contributed by atoms with van der Waals surface area (Å²) < 4.78 is 37.9. The highest BCUT2D eigenvalue weighted by Gasteiger charge is 2.38. The van der Waals surface area contributed by atoms with Gasteiger partial charge in [0.2, 0.25) is 0 Å². The lowest BCUT2D eigenvalue weighted by molar-refractivity contribution is -0.192. The average Bonchev–Trinajstić information content (AvgIpc) is 3.26. The molecule has 8 nitrogen and oxygen atoms in total. The fraction of sp³-hybridized carbons (Fsp3) is 0.375. The van der Waals surface area contributed by atoms with Crippen molar-refractivity contribution < 1.29 is 37.7 Å². The van der Waals surface area contributed by atoms with Crippen LogP contribution >= 0.6 is 0 Å². The van der Waals surface area contributed by atoms with Crippen LogP contribution in [0, 0.1) is 0 Å². The number of aromatic carboxylic acids is 1. The van der Waals surface area contributed by atoms with Gasteiger partial charge in [-0.05, 0) is 42.2 Å². The maximum absolute atomic E-state index is 11.3. The van der Waals surface area contributed by atoms with Gasteiger partial charge in [-0.3, -0.25) is 5.10 Å². The number of aromatic amines is 1. The van der Waals surface area contributed by atoms with Gasteiger partial charge in [-0.25, -0.2) is 9.59 Å². The van der Waals surface area contributed by atoms with E-state index >= 15 is 0 Å². The minimum absolute atomic E-state index is 0.0416. The van der Waals surface area contributed by atoms with Crippen LogP contribution in [0.5, 0.6) is 0 Å². The first-order chi connectivity index (χ1) is 16.6. The number of rotatable bonds is 7. The Hall–Kier alpha value is -3.60. The van der Waals surface area contributed by atoms with E-state index in [1.165, 1.54) is 30.4 Å². The number of benzene rings is 2. The zero-order valence-corrected chi connectivity index (χ0v) is 18.8. The molecule has 0 saturated heterocycles. The molecule has 1 aliphatic rings. The van der Waals surface area contributed by atoms with Gasteiger partial charge >= 0.3 is 18.1 Å². The molecule has 188 valence electrons. The molecule has 0 bridgehead atoms. The van der Waals surface area contributed by atoms with E-state index in [1.54, 1.807) is 0 Å². The predicted molar refractivity (Wildman–Crippen MR) is 122 cm³/mol. The highest BCUT2D eigenvalue weighted by atomic mass is 19.4. The molecule has 0 unspecified atom stereocenters. The Balaban J connectivity index is 0.000000429. The Morgan fingerprint density at radius 1 is 1.06 bits per heavy atom. The number of carbonyl (C=O) groups is 2. The molecule has 0 atom stereocenters. The molecule has 4 N–H and O–H groups in total. The van der Waals surface area contributed by atoms with Gasteiger partial charge in [0.1, 0.15) is 0 Å². The number of aliphatic carboxylic acids is 1. The quantitative estimate of drug-likeness (QED) is 0.349. The first-order valence-electron chi connectivity index (χ1n) is 11.1. The molecule has 1 aromatic heterocycles. The fourth-order valence-corrected chi connectivity index (χ4v) is 3.79. The van der Waals surface area contributed by atoms with Crippen molar-refractivity contribution in [3.8, 4) is 0 Å². The standard InChI is InChI=1S/C22H25N3O3.C2HF3O2/c26-22(27)21-19-12-17(10-11-20(19)24-25-21)23-13-15-6-4-5-7-16(15)14-28-18-8-2-1-3-9-18;3-2(4,5)1(6)7/h4-7,10-12,18,23H,1-3,8-9,13-14H2,(H,24,25)(H,26,27);(H,6,7). The largest absolute Gasteiger partial charge is 0.490 e. The van der Waals surface area contributed by atoms with E-state index in [1.807, 2.05) is 30.3 Å². The molecular formula is C24H26F3N3O5. The summed E-state index contributed by atoms with van der Waals surface area (Å²) in [5.74, 6) is -3.79. The van der Waals surface area contributed by atoms with E-state index in [-0.39, 0.29) is 5.69 Å². The van der Waals surface area contributed by atoms with E-state index in [2.05, 4.69) is 27.6 Å². The number of aromatic nitrogens is 2. The van der Waals surface area contributed by atoms with Gasteiger partial charge in [-0.15, -0.1) is 0 Å². The van der Waals surface area contributed by atoms with Crippen LogP contribution < -0.4 is 5.32 Å². The van der Waals surface area contributed by atoms with Crippen LogP contribution in [-0.2, 0) is 22.7 Å². The summed E-state index contributed by atoms with van der Waals surface area (Å²) in [5.41, 5.74) is 3.99. The molecule has 2 aromatic carbocycles. The topological polar surface area (TPSA) is 125 Å². The third kappa shape index (κ3) is 7.44. The Morgan fingerprint density at radius 3 is 2.34 bits per heavy atom. The number of fused-ring (bicyclic) bond motifs is 1. The maximum atomic E-state index is 11.3. The van der Waals surface area contributed by atoms with Crippen molar-refractivity contribution in [1.29, 1.82) is 0 Å². The highest BCUT2D eigenvalue weighted by Crippen LogP contribution is 2.24. The Morgan fingerprint density at radius 2 is 1.71 bits per heavy atom. The minimum Gasteiger partial charge on any atom is -0.476 e. The number of nitrogens with zero attached hydrogens (tertiary/aromatic N) is 1. The Labute approximate surface area is 199 Å². The molecule has 0 aliphatic heterocycles. The molecule has 1 heterocycles. The molecule has 3 aromatic rings. The van der Waals surface area contributed by atoms with E-state index in [0.29, 0.717) is 30.2 Å².